The number of amides is 1. The van der Waals surface area contributed by atoms with Crippen LogP contribution < -0.4 is 5.32 Å². The highest BCUT2D eigenvalue weighted by atomic mass is 16.6. The summed E-state index contributed by atoms with van der Waals surface area (Å²) in [6, 6.07) is 15.5. The summed E-state index contributed by atoms with van der Waals surface area (Å²) in [6.45, 7) is 6.74. The molecule has 1 aromatic carbocycles. The van der Waals surface area contributed by atoms with Crippen molar-refractivity contribution in [2.45, 2.75) is 26.0 Å². The minimum Gasteiger partial charge on any atom is -0.445 e. The Kier molecular flexibility index (Phi) is 6.75. The molecule has 1 amide bonds. The second kappa shape index (κ2) is 9.03. The van der Waals surface area contributed by atoms with Gasteiger partial charge in [-0.3, -0.25) is 4.98 Å². The molecule has 0 spiro atoms. The number of ether oxygens (including phenoxy) is 1. The molecule has 0 radical (unpaired) electrons. The Bertz CT molecular complexity index is 576. The van der Waals surface area contributed by atoms with Crippen LogP contribution in [0, 0.1) is 0 Å². The van der Waals surface area contributed by atoms with E-state index >= 15 is 0 Å². The molecule has 1 N–H and O–H groups in total. The van der Waals surface area contributed by atoms with Gasteiger partial charge >= 0.3 is 6.09 Å². The largest absolute Gasteiger partial charge is 0.445 e. The van der Waals surface area contributed by atoms with Gasteiger partial charge in [-0.1, -0.05) is 36.4 Å². The normalized spacial score (nSPS) is 15.8. The lowest BCUT2D eigenvalue weighted by Gasteiger charge is -2.41. The van der Waals surface area contributed by atoms with Gasteiger partial charge in [0.2, 0.25) is 0 Å². The van der Waals surface area contributed by atoms with Crippen LogP contribution in [0.15, 0.2) is 60.9 Å². The van der Waals surface area contributed by atoms with E-state index in [-0.39, 0.29) is 11.6 Å². The number of aromatic nitrogens is 1. The predicted octanol–water partition coefficient (Wildman–Crippen LogP) is 3.09. The number of hydrogen-bond donors (Lipinski definition) is 1. The Morgan fingerprint density at radius 1 is 1.17 bits per heavy atom. The van der Waals surface area contributed by atoms with E-state index in [0.717, 1.165) is 18.7 Å². The number of carbonyl (C=O) groups excluding carboxylic acids is 1. The van der Waals surface area contributed by atoms with Crippen LogP contribution in [0.3, 0.4) is 0 Å². The highest BCUT2D eigenvalue weighted by Crippen LogP contribution is 2.17. The van der Waals surface area contributed by atoms with Gasteiger partial charge in [0.05, 0.1) is 5.54 Å². The van der Waals surface area contributed by atoms with Crippen molar-refractivity contribution in [1.29, 1.82) is 0 Å². The van der Waals surface area contributed by atoms with Gasteiger partial charge in [-0.25, -0.2) is 4.79 Å². The van der Waals surface area contributed by atoms with E-state index in [1.807, 2.05) is 62.4 Å². The first-order chi connectivity index (χ1) is 11.6. The van der Waals surface area contributed by atoms with E-state index in [9.17, 15) is 4.79 Å². The molecule has 3 rings (SSSR count). The van der Waals surface area contributed by atoms with Crippen molar-refractivity contribution in [2.24, 2.45) is 0 Å². The van der Waals surface area contributed by atoms with Crippen molar-refractivity contribution in [2.75, 3.05) is 19.6 Å². The Morgan fingerprint density at radius 3 is 2.38 bits per heavy atom. The summed E-state index contributed by atoms with van der Waals surface area (Å²) in [6.07, 6.45) is 3.27. The minimum atomic E-state index is -0.231. The minimum absolute atomic E-state index is 0.188. The number of rotatable bonds is 2. The van der Waals surface area contributed by atoms with Gasteiger partial charge in [0.15, 0.2) is 0 Å². The third-order valence-electron chi connectivity index (χ3n) is 3.79. The number of carbonyl (C=O) groups is 1. The molecule has 128 valence electrons. The standard InChI is InChI=1S/C14H20N2O2.C5H5N/c1-14(2)11-15-8-9-16(14)13(17)18-10-12-6-4-3-5-7-12;1-2-4-6-5-3-1/h3-7,15H,8-11H2,1-2H3;1-5H. The molecular weight excluding hydrogens is 302 g/mol. The van der Waals surface area contributed by atoms with Crippen molar-refractivity contribution in [3.63, 3.8) is 0 Å². The van der Waals surface area contributed by atoms with E-state index in [0.29, 0.717) is 13.2 Å². The fraction of sp³-hybridized carbons (Fsp3) is 0.368. The lowest BCUT2D eigenvalue weighted by molar-refractivity contribution is 0.0458. The van der Waals surface area contributed by atoms with Gasteiger partial charge in [-0.05, 0) is 31.5 Å². The number of piperazine rings is 1. The van der Waals surface area contributed by atoms with Gasteiger partial charge in [-0.2, -0.15) is 0 Å². The van der Waals surface area contributed by atoms with E-state index in [1.54, 1.807) is 17.3 Å². The summed E-state index contributed by atoms with van der Waals surface area (Å²) in [5, 5.41) is 3.28. The second-order valence-electron chi connectivity index (χ2n) is 6.21. The van der Waals surface area contributed by atoms with E-state index in [1.165, 1.54) is 0 Å². The van der Waals surface area contributed by atoms with Gasteiger partial charge in [-0.15, -0.1) is 0 Å². The Hall–Kier alpha value is -2.40. The van der Waals surface area contributed by atoms with Crippen molar-refractivity contribution in [1.82, 2.24) is 15.2 Å². The topological polar surface area (TPSA) is 54.5 Å². The van der Waals surface area contributed by atoms with Crippen LogP contribution in [0.25, 0.3) is 0 Å². The summed E-state index contributed by atoms with van der Waals surface area (Å²) in [7, 11) is 0. The highest BCUT2D eigenvalue weighted by molar-refractivity contribution is 5.69. The fourth-order valence-corrected chi connectivity index (χ4v) is 2.43. The van der Waals surface area contributed by atoms with Gasteiger partial charge in [0.1, 0.15) is 6.61 Å². The van der Waals surface area contributed by atoms with Crippen LogP contribution in [0.2, 0.25) is 0 Å². The highest BCUT2D eigenvalue weighted by Gasteiger charge is 2.34. The molecule has 2 heterocycles. The average molecular weight is 327 g/mol. The first kappa shape index (κ1) is 17.9. The molecule has 1 aromatic heterocycles. The molecule has 0 saturated carbocycles. The smallest absolute Gasteiger partial charge is 0.410 e. The molecule has 1 aliphatic heterocycles. The Balaban J connectivity index is 0.000000292. The molecule has 0 bridgehead atoms. The van der Waals surface area contributed by atoms with Gasteiger partial charge in [0, 0.05) is 32.0 Å². The molecule has 1 fully saturated rings. The molecule has 1 aliphatic rings. The van der Waals surface area contributed by atoms with Crippen LogP contribution in [0.4, 0.5) is 4.79 Å². The van der Waals surface area contributed by atoms with Crippen LogP contribution in [0.5, 0.6) is 0 Å². The molecule has 1 saturated heterocycles. The summed E-state index contributed by atoms with van der Waals surface area (Å²) >= 11 is 0. The van der Waals surface area contributed by atoms with Gasteiger partial charge in [0.25, 0.3) is 0 Å². The molecule has 0 atom stereocenters. The lowest BCUT2D eigenvalue weighted by atomic mass is 10.0. The number of hydrogen-bond acceptors (Lipinski definition) is 4. The molecule has 5 heteroatoms. The van der Waals surface area contributed by atoms with Crippen LogP contribution in [-0.4, -0.2) is 41.2 Å². The van der Waals surface area contributed by atoms with Gasteiger partial charge < -0.3 is 15.0 Å². The van der Waals surface area contributed by atoms with E-state index in [2.05, 4.69) is 10.3 Å². The Labute approximate surface area is 143 Å². The quantitative estimate of drug-likeness (QED) is 0.921. The molecule has 0 aliphatic carbocycles. The molecule has 5 nitrogen and oxygen atoms in total. The molecule has 2 aromatic rings. The third kappa shape index (κ3) is 5.66. The summed E-state index contributed by atoms with van der Waals surface area (Å²) in [5.74, 6) is 0. The SMILES string of the molecule is CC1(C)CNCCN1C(=O)OCc1ccccc1.c1ccncc1. The zero-order valence-corrected chi connectivity index (χ0v) is 14.3. The summed E-state index contributed by atoms with van der Waals surface area (Å²) in [5.41, 5.74) is 0.824. The van der Waals surface area contributed by atoms with Crippen molar-refractivity contribution in [3.8, 4) is 0 Å². The number of nitrogens with zero attached hydrogens (tertiary/aromatic N) is 2. The summed E-state index contributed by atoms with van der Waals surface area (Å²) in [4.78, 5) is 17.6. The maximum atomic E-state index is 12.1. The van der Waals surface area contributed by atoms with Crippen LogP contribution in [-0.2, 0) is 11.3 Å². The summed E-state index contributed by atoms with van der Waals surface area (Å²) < 4.78 is 5.36. The lowest BCUT2D eigenvalue weighted by Crippen LogP contribution is -2.59. The first-order valence-corrected chi connectivity index (χ1v) is 8.13. The van der Waals surface area contributed by atoms with Crippen LogP contribution >= 0.6 is 0 Å². The average Bonchev–Trinajstić information content (AvgIpc) is 2.62. The van der Waals surface area contributed by atoms with Crippen molar-refractivity contribution in [3.05, 3.63) is 66.5 Å². The maximum Gasteiger partial charge on any atom is 0.410 e. The number of nitrogens with one attached hydrogen (secondary N) is 1. The maximum absolute atomic E-state index is 12.1. The number of benzene rings is 1. The second-order valence-corrected chi connectivity index (χ2v) is 6.21. The zero-order chi connectivity index (χ0) is 17.3. The van der Waals surface area contributed by atoms with Crippen molar-refractivity contribution >= 4 is 6.09 Å². The first-order valence-electron chi connectivity index (χ1n) is 8.13. The molecule has 24 heavy (non-hydrogen) atoms. The van der Waals surface area contributed by atoms with E-state index < -0.39 is 0 Å². The van der Waals surface area contributed by atoms with Crippen LogP contribution in [0.1, 0.15) is 19.4 Å². The number of pyridine rings is 1. The monoisotopic (exact) mass is 327 g/mol. The zero-order valence-electron chi connectivity index (χ0n) is 14.3. The fourth-order valence-electron chi connectivity index (χ4n) is 2.43. The van der Waals surface area contributed by atoms with Crippen molar-refractivity contribution < 1.29 is 9.53 Å². The molecule has 0 unspecified atom stereocenters. The Morgan fingerprint density at radius 2 is 1.83 bits per heavy atom. The third-order valence-corrected chi connectivity index (χ3v) is 3.79. The predicted molar refractivity (Wildman–Crippen MR) is 94.5 cm³/mol. The van der Waals surface area contributed by atoms with E-state index in [4.69, 9.17) is 4.74 Å². The molecular formula is C19H25N3O2.